The molecular formula is C23H17F3N3O5-. The van der Waals surface area contributed by atoms with Crippen molar-refractivity contribution < 1.29 is 37.4 Å². The van der Waals surface area contributed by atoms with Gasteiger partial charge in [-0.25, -0.2) is 4.98 Å². The Morgan fingerprint density at radius 1 is 1.00 bits per heavy atom. The highest BCUT2D eigenvalue weighted by molar-refractivity contribution is 6.12. The zero-order valence-corrected chi connectivity index (χ0v) is 17.6. The summed E-state index contributed by atoms with van der Waals surface area (Å²) in [6.07, 6.45) is -5.72. The van der Waals surface area contributed by atoms with E-state index in [0.29, 0.717) is 11.8 Å². The molecule has 3 aromatic rings. The molecule has 0 atom stereocenters. The molecule has 0 radical (unpaired) electrons. The number of aryl methyl sites for hydroxylation is 1. The van der Waals surface area contributed by atoms with Crippen molar-refractivity contribution in [2.45, 2.75) is 19.5 Å². The topological polar surface area (TPSA) is 120 Å². The molecule has 0 aliphatic carbocycles. The van der Waals surface area contributed by atoms with E-state index in [9.17, 15) is 32.7 Å². The number of alkyl halides is 3. The first-order valence-electron chi connectivity index (χ1n) is 9.75. The summed E-state index contributed by atoms with van der Waals surface area (Å²) in [5.41, 5.74) is -2.01. The summed E-state index contributed by atoms with van der Waals surface area (Å²) in [4.78, 5) is 39.9. The second-order valence-corrected chi connectivity index (χ2v) is 7.07. The van der Waals surface area contributed by atoms with Crippen LogP contribution in [-0.4, -0.2) is 22.8 Å². The summed E-state index contributed by atoms with van der Waals surface area (Å²) < 4.78 is 45.3. The standard InChI is InChI=1S/C23H18F3N3O5/c1-13-9-17(29-22(32)33)18(11-16(13)23(24,25)26)28-20(31)12-19(30)14-5-4-6-15(10-14)34-21-7-2-3-8-27-21/h2-11,29H,12H2,1H3,(H,28,31)(H,32,33)/p-1. The predicted molar refractivity (Wildman–Crippen MR) is 114 cm³/mol. The van der Waals surface area contributed by atoms with Gasteiger partial charge in [0.1, 0.15) is 11.8 Å². The molecule has 0 unspecified atom stereocenters. The van der Waals surface area contributed by atoms with Gasteiger partial charge in [-0.3, -0.25) is 9.59 Å². The number of rotatable bonds is 7. The molecule has 2 aromatic carbocycles. The normalized spacial score (nSPS) is 10.9. The second-order valence-electron chi connectivity index (χ2n) is 7.07. The Hall–Kier alpha value is -4.41. The molecule has 0 aliphatic rings. The first-order valence-corrected chi connectivity index (χ1v) is 9.75. The van der Waals surface area contributed by atoms with E-state index in [-0.39, 0.29) is 22.7 Å². The Labute approximate surface area is 191 Å². The average molecular weight is 472 g/mol. The Morgan fingerprint density at radius 3 is 2.38 bits per heavy atom. The number of anilines is 2. The van der Waals surface area contributed by atoms with Crippen molar-refractivity contribution in [3.05, 3.63) is 77.5 Å². The number of nitrogens with one attached hydrogen (secondary N) is 2. The minimum atomic E-state index is -4.74. The third kappa shape index (κ3) is 6.31. The highest BCUT2D eigenvalue weighted by Crippen LogP contribution is 2.37. The van der Waals surface area contributed by atoms with Gasteiger partial charge in [-0.2, -0.15) is 13.2 Å². The first kappa shape index (κ1) is 24.2. The maximum Gasteiger partial charge on any atom is 0.416 e. The Bertz CT molecular complexity index is 1230. The number of aromatic nitrogens is 1. The number of amides is 2. The van der Waals surface area contributed by atoms with Crippen LogP contribution in [0.25, 0.3) is 0 Å². The van der Waals surface area contributed by atoms with Gasteiger partial charge in [-0.15, -0.1) is 0 Å². The third-order valence-electron chi connectivity index (χ3n) is 4.52. The van der Waals surface area contributed by atoms with Crippen molar-refractivity contribution in [1.29, 1.82) is 0 Å². The summed E-state index contributed by atoms with van der Waals surface area (Å²) in [6.45, 7) is 1.14. The van der Waals surface area contributed by atoms with Gasteiger partial charge >= 0.3 is 6.18 Å². The summed E-state index contributed by atoms with van der Waals surface area (Å²) >= 11 is 0. The average Bonchev–Trinajstić information content (AvgIpc) is 2.75. The van der Waals surface area contributed by atoms with Crippen LogP contribution in [0.2, 0.25) is 0 Å². The monoisotopic (exact) mass is 472 g/mol. The van der Waals surface area contributed by atoms with Crippen LogP contribution >= 0.6 is 0 Å². The minimum Gasteiger partial charge on any atom is -0.530 e. The summed E-state index contributed by atoms with van der Waals surface area (Å²) in [5.74, 6) is -1.00. The van der Waals surface area contributed by atoms with E-state index in [2.05, 4.69) is 10.3 Å². The smallest absolute Gasteiger partial charge is 0.416 e. The van der Waals surface area contributed by atoms with Gasteiger partial charge in [-0.1, -0.05) is 18.2 Å². The van der Waals surface area contributed by atoms with E-state index >= 15 is 0 Å². The van der Waals surface area contributed by atoms with Crippen molar-refractivity contribution in [2.24, 2.45) is 0 Å². The van der Waals surface area contributed by atoms with Crippen LogP contribution in [0.5, 0.6) is 11.6 Å². The maximum absolute atomic E-state index is 13.3. The number of hydrogen-bond acceptors (Lipinski definition) is 6. The van der Waals surface area contributed by atoms with Crippen LogP contribution in [0.15, 0.2) is 60.8 Å². The predicted octanol–water partition coefficient (Wildman–Crippen LogP) is 4.17. The van der Waals surface area contributed by atoms with Crippen LogP contribution in [0.4, 0.5) is 29.3 Å². The minimum absolute atomic E-state index is 0.122. The number of ether oxygens (including phenoxy) is 1. The lowest BCUT2D eigenvalue weighted by Gasteiger charge is -2.18. The lowest BCUT2D eigenvalue weighted by atomic mass is 10.0. The second kappa shape index (κ2) is 10.0. The third-order valence-corrected chi connectivity index (χ3v) is 4.52. The Balaban J connectivity index is 1.77. The number of carboxylic acid groups (broad SMARTS) is 1. The summed E-state index contributed by atoms with van der Waals surface area (Å²) in [6, 6.07) is 12.5. The molecule has 0 fully saturated rings. The number of Topliss-reactive ketones (excluding diaryl/α,β-unsaturated/α-hetero) is 1. The van der Waals surface area contributed by atoms with Crippen LogP contribution in [0.1, 0.15) is 27.9 Å². The lowest BCUT2D eigenvalue weighted by Crippen LogP contribution is -2.29. The largest absolute Gasteiger partial charge is 0.530 e. The van der Waals surface area contributed by atoms with Gasteiger partial charge in [0, 0.05) is 17.8 Å². The molecule has 34 heavy (non-hydrogen) atoms. The van der Waals surface area contributed by atoms with Gasteiger partial charge in [0.05, 0.1) is 23.4 Å². The molecule has 1 aromatic heterocycles. The van der Waals surface area contributed by atoms with Crippen molar-refractivity contribution in [3.63, 3.8) is 0 Å². The number of ketones is 1. The molecular weight excluding hydrogens is 455 g/mol. The van der Waals surface area contributed by atoms with Crippen molar-refractivity contribution in [2.75, 3.05) is 10.6 Å². The summed E-state index contributed by atoms with van der Waals surface area (Å²) in [7, 11) is 0. The van der Waals surface area contributed by atoms with E-state index in [4.69, 9.17) is 4.74 Å². The number of nitrogens with zero attached hydrogens (tertiary/aromatic N) is 1. The molecule has 0 spiro atoms. The van der Waals surface area contributed by atoms with Gasteiger partial charge in [0.2, 0.25) is 11.8 Å². The molecule has 2 N–H and O–H groups in total. The quantitative estimate of drug-likeness (QED) is 0.393. The molecule has 0 aliphatic heterocycles. The van der Waals surface area contributed by atoms with E-state index in [1.807, 2.05) is 5.32 Å². The van der Waals surface area contributed by atoms with Crippen LogP contribution < -0.4 is 20.5 Å². The van der Waals surface area contributed by atoms with Gasteiger partial charge in [-0.05, 0) is 42.8 Å². The Morgan fingerprint density at radius 2 is 1.74 bits per heavy atom. The summed E-state index contributed by atoms with van der Waals surface area (Å²) in [5, 5.41) is 14.9. The van der Waals surface area contributed by atoms with E-state index in [1.54, 1.807) is 24.3 Å². The molecule has 176 valence electrons. The number of benzene rings is 2. The van der Waals surface area contributed by atoms with Crippen molar-refractivity contribution >= 4 is 29.2 Å². The molecule has 2 amide bonds. The maximum atomic E-state index is 13.3. The van der Waals surface area contributed by atoms with Crippen LogP contribution in [0, 0.1) is 6.92 Å². The fourth-order valence-electron chi connectivity index (χ4n) is 3.03. The number of carbonyl (C=O) groups excluding carboxylic acids is 3. The zero-order chi connectivity index (χ0) is 24.9. The van der Waals surface area contributed by atoms with Crippen LogP contribution in [-0.2, 0) is 11.0 Å². The number of hydrogen-bond donors (Lipinski definition) is 2. The van der Waals surface area contributed by atoms with Crippen molar-refractivity contribution in [3.8, 4) is 11.6 Å². The lowest BCUT2D eigenvalue weighted by molar-refractivity contribution is -0.242. The van der Waals surface area contributed by atoms with Crippen molar-refractivity contribution in [1.82, 2.24) is 4.98 Å². The molecule has 8 nitrogen and oxygen atoms in total. The molecule has 11 heteroatoms. The highest BCUT2D eigenvalue weighted by Gasteiger charge is 2.33. The van der Waals surface area contributed by atoms with Gasteiger partial charge in [0.25, 0.3) is 0 Å². The molecule has 0 saturated heterocycles. The van der Waals surface area contributed by atoms with Crippen LogP contribution in [0.3, 0.4) is 0 Å². The zero-order valence-electron chi connectivity index (χ0n) is 17.6. The Kier molecular flexibility index (Phi) is 7.15. The fraction of sp³-hybridized carbons (Fsp3) is 0.130. The SMILES string of the molecule is Cc1cc(NC(=O)[O-])c(NC(=O)CC(=O)c2cccc(Oc3ccccn3)c2)cc1C(F)(F)F. The van der Waals surface area contributed by atoms with E-state index in [0.717, 1.165) is 13.0 Å². The molecule has 0 saturated carbocycles. The van der Waals surface area contributed by atoms with E-state index < -0.39 is 41.6 Å². The van der Waals surface area contributed by atoms with E-state index in [1.165, 1.54) is 24.4 Å². The van der Waals surface area contributed by atoms with Gasteiger partial charge < -0.3 is 25.3 Å². The number of pyridine rings is 1. The number of carbonyl (C=O) groups is 3. The first-order chi connectivity index (χ1) is 16.0. The molecule has 1 heterocycles. The fourth-order valence-corrected chi connectivity index (χ4v) is 3.03. The molecule has 0 bridgehead atoms. The van der Waals surface area contributed by atoms with Gasteiger partial charge in [0.15, 0.2) is 5.78 Å². The number of halogens is 3. The molecule has 3 rings (SSSR count). The highest BCUT2D eigenvalue weighted by atomic mass is 19.4.